The Morgan fingerprint density at radius 1 is 1.19 bits per heavy atom. The van der Waals surface area contributed by atoms with E-state index in [2.05, 4.69) is 5.32 Å². The number of nitrogens with zero attached hydrogens (tertiary/aromatic N) is 4. The van der Waals surface area contributed by atoms with Crippen LogP contribution in [0.5, 0.6) is 0 Å². The number of carbonyl (C=O) groups is 1. The molecule has 0 saturated carbocycles. The van der Waals surface area contributed by atoms with Crippen LogP contribution in [0, 0.1) is 34.0 Å². The van der Waals surface area contributed by atoms with Crippen LogP contribution in [0.25, 0.3) is 0 Å². The van der Waals surface area contributed by atoms with Gasteiger partial charge in [-0.2, -0.15) is 15.8 Å². The molecule has 1 N–H and O–H groups in total. The number of benzene rings is 1. The van der Waals surface area contributed by atoms with E-state index in [-0.39, 0.29) is 11.3 Å². The average Bonchev–Trinajstić information content (AvgIpc) is 2.59. The summed E-state index contributed by atoms with van der Waals surface area (Å²) in [6, 6.07) is 10.5. The molecule has 0 unspecified atom stereocenters. The lowest BCUT2D eigenvalue weighted by Crippen LogP contribution is -2.39. The van der Waals surface area contributed by atoms with Gasteiger partial charge in [0.05, 0.1) is 5.69 Å². The number of anilines is 2. The molecular weight excluding hydrogens is 330 g/mol. The molecule has 0 saturated heterocycles. The van der Waals surface area contributed by atoms with Crippen molar-refractivity contribution in [3.05, 3.63) is 35.0 Å². The number of hydrogen-bond acceptors (Lipinski definition) is 6. The second kappa shape index (κ2) is 7.59. The molecule has 1 aliphatic rings. The van der Waals surface area contributed by atoms with Crippen LogP contribution in [0.3, 0.4) is 0 Å². The highest BCUT2D eigenvalue weighted by Gasteiger charge is 2.27. The number of nitriles is 3. The molecule has 1 amide bonds. The minimum Gasteiger partial charge on any atom is -0.443 e. The number of carbonyl (C=O) groups excluding carboxylic acids is 1. The van der Waals surface area contributed by atoms with Gasteiger partial charge >= 0.3 is 6.09 Å². The van der Waals surface area contributed by atoms with Crippen molar-refractivity contribution in [1.82, 2.24) is 0 Å². The molecule has 1 aromatic carbocycles. The van der Waals surface area contributed by atoms with E-state index in [4.69, 9.17) is 20.5 Å². The van der Waals surface area contributed by atoms with Gasteiger partial charge in [0.25, 0.3) is 0 Å². The number of allylic oxidation sites excluding steroid dienone is 2. The molecule has 0 aliphatic carbocycles. The number of rotatable bonds is 2. The molecule has 1 aromatic rings. The lowest BCUT2D eigenvalue weighted by molar-refractivity contribution is 0.0578. The van der Waals surface area contributed by atoms with Crippen molar-refractivity contribution in [3.8, 4) is 18.2 Å². The number of amides is 1. The van der Waals surface area contributed by atoms with Crippen molar-refractivity contribution in [3.63, 3.8) is 0 Å². The summed E-state index contributed by atoms with van der Waals surface area (Å²) in [5.74, 6) is 0. The van der Waals surface area contributed by atoms with E-state index in [1.165, 1.54) is 0 Å². The Morgan fingerprint density at radius 3 is 2.46 bits per heavy atom. The van der Waals surface area contributed by atoms with Crippen molar-refractivity contribution in [2.24, 2.45) is 0 Å². The first-order valence-corrected chi connectivity index (χ1v) is 8.14. The zero-order valence-corrected chi connectivity index (χ0v) is 15.0. The predicted molar refractivity (Wildman–Crippen MR) is 95.8 cm³/mol. The molecule has 0 atom stereocenters. The third kappa shape index (κ3) is 4.32. The third-order valence-corrected chi connectivity index (χ3v) is 3.67. The first-order chi connectivity index (χ1) is 12.3. The van der Waals surface area contributed by atoms with E-state index in [1.54, 1.807) is 29.2 Å². The van der Waals surface area contributed by atoms with E-state index in [0.29, 0.717) is 12.2 Å². The van der Waals surface area contributed by atoms with Gasteiger partial charge in [-0.05, 0) is 57.4 Å². The van der Waals surface area contributed by atoms with Crippen molar-refractivity contribution in [2.45, 2.75) is 39.2 Å². The van der Waals surface area contributed by atoms with Gasteiger partial charge in [-0.25, -0.2) is 4.79 Å². The van der Waals surface area contributed by atoms with Crippen LogP contribution in [0.2, 0.25) is 0 Å². The standard InChI is InChI=1S/C19H19N5O2/c1-19(2,3)26-18(25)24-8-4-5-13-9-15(6-7-17(13)24)23-16(12-22)14(10-20)11-21/h6-7,9,23H,4-5,8H2,1-3H3. The van der Waals surface area contributed by atoms with Gasteiger partial charge in [0.15, 0.2) is 5.57 Å². The van der Waals surface area contributed by atoms with Gasteiger partial charge < -0.3 is 10.1 Å². The first-order valence-electron chi connectivity index (χ1n) is 8.14. The quantitative estimate of drug-likeness (QED) is 0.816. The topological polar surface area (TPSA) is 113 Å². The Bertz CT molecular complexity index is 859. The van der Waals surface area contributed by atoms with Gasteiger partial charge in [-0.1, -0.05) is 0 Å². The van der Waals surface area contributed by atoms with Crippen LogP contribution >= 0.6 is 0 Å². The Morgan fingerprint density at radius 2 is 1.88 bits per heavy atom. The fourth-order valence-electron chi connectivity index (χ4n) is 2.61. The molecule has 0 fully saturated rings. The molecule has 26 heavy (non-hydrogen) atoms. The Balaban J connectivity index is 2.30. The van der Waals surface area contributed by atoms with E-state index in [0.717, 1.165) is 24.1 Å². The van der Waals surface area contributed by atoms with Gasteiger partial charge in [0.1, 0.15) is 29.5 Å². The Labute approximate surface area is 152 Å². The van der Waals surface area contributed by atoms with Crippen LogP contribution in [0.1, 0.15) is 32.8 Å². The predicted octanol–water partition coefficient (Wildman–Crippen LogP) is 3.61. The third-order valence-electron chi connectivity index (χ3n) is 3.67. The van der Waals surface area contributed by atoms with Gasteiger partial charge in [0.2, 0.25) is 0 Å². The number of fused-ring (bicyclic) bond motifs is 1. The molecule has 132 valence electrons. The zero-order valence-electron chi connectivity index (χ0n) is 15.0. The maximum Gasteiger partial charge on any atom is 0.414 e. The summed E-state index contributed by atoms with van der Waals surface area (Å²) in [4.78, 5) is 14.0. The minimum atomic E-state index is -0.576. The van der Waals surface area contributed by atoms with E-state index in [9.17, 15) is 4.79 Å². The molecule has 7 heteroatoms. The van der Waals surface area contributed by atoms with E-state index in [1.807, 2.05) is 32.9 Å². The summed E-state index contributed by atoms with van der Waals surface area (Å²) < 4.78 is 5.46. The van der Waals surface area contributed by atoms with Crippen LogP contribution in [-0.2, 0) is 11.2 Å². The second-order valence-corrected chi connectivity index (χ2v) is 6.79. The number of nitrogens with one attached hydrogen (secondary N) is 1. The van der Waals surface area contributed by atoms with Crippen molar-refractivity contribution in [2.75, 3.05) is 16.8 Å². The average molecular weight is 349 g/mol. The first kappa shape index (κ1) is 18.8. The van der Waals surface area contributed by atoms with Gasteiger partial charge in [-0.3, -0.25) is 4.90 Å². The fraction of sp³-hybridized carbons (Fsp3) is 0.368. The monoisotopic (exact) mass is 349 g/mol. The maximum absolute atomic E-state index is 12.4. The molecule has 0 aromatic heterocycles. The number of aryl methyl sites for hydroxylation is 1. The molecule has 0 bridgehead atoms. The van der Waals surface area contributed by atoms with Crippen LogP contribution in [-0.4, -0.2) is 18.2 Å². The normalized spacial score (nSPS) is 12.7. The van der Waals surface area contributed by atoms with Gasteiger partial charge in [-0.15, -0.1) is 0 Å². The highest BCUT2D eigenvalue weighted by molar-refractivity contribution is 5.90. The molecule has 7 nitrogen and oxygen atoms in total. The SMILES string of the molecule is CC(C)(C)OC(=O)N1CCCc2cc(NC(C#N)=C(C#N)C#N)ccc21. The Kier molecular flexibility index (Phi) is 5.50. The summed E-state index contributed by atoms with van der Waals surface area (Å²) >= 11 is 0. The molecule has 1 heterocycles. The number of hydrogen-bond donors (Lipinski definition) is 1. The smallest absolute Gasteiger partial charge is 0.414 e. The zero-order chi connectivity index (χ0) is 19.3. The highest BCUT2D eigenvalue weighted by atomic mass is 16.6. The fourth-order valence-corrected chi connectivity index (χ4v) is 2.61. The summed E-state index contributed by atoms with van der Waals surface area (Å²) in [7, 11) is 0. The summed E-state index contributed by atoms with van der Waals surface area (Å²) in [6.07, 6.45) is 1.17. The Hall–Kier alpha value is -3.50. The second-order valence-electron chi connectivity index (χ2n) is 6.79. The summed E-state index contributed by atoms with van der Waals surface area (Å²) in [5.41, 5.74) is 1.32. The highest BCUT2D eigenvalue weighted by Crippen LogP contribution is 2.31. The molecule has 1 aliphatic heterocycles. The molecule has 0 spiro atoms. The molecular formula is C19H19N5O2. The maximum atomic E-state index is 12.4. The van der Waals surface area contributed by atoms with Crippen LogP contribution in [0.15, 0.2) is 29.5 Å². The largest absolute Gasteiger partial charge is 0.443 e. The summed E-state index contributed by atoms with van der Waals surface area (Å²) in [6.45, 7) is 6.03. The lowest BCUT2D eigenvalue weighted by Gasteiger charge is -2.32. The lowest BCUT2D eigenvalue weighted by atomic mass is 10.0. The van der Waals surface area contributed by atoms with Gasteiger partial charge in [0, 0.05) is 12.2 Å². The van der Waals surface area contributed by atoms with E-state index < -0.39 is 11.7 Å². The molecule has 0 radical (unpaired) electrons. The van der Waals surface area contributed by atoms with Crippen molar-refractivity contribution < 1.29 is 9.53 Å². The van der Waals surface area contributed by atoms with Crippen LogP contribution < -0.4 is 10.2 Å². The van der Waals surface area contributed by atoms with Crippen molar-refractivity contribution in [1.29, 1.82) is 15.8 Å². The minimum absolute atomic E-state index is 0.102. The summed E-state index contributed by atoms with van der Waals surface area (Å²) in [5, 5.41) is 29.8. The van der Waals surface area contributed by atoms with E-state index >= 15 is 0 Å². The van der Waals surface area contributed by atoms with Crippen LogP contribution in [0.4, 0.5) is 16.2 Å². The number of ether oxygens (including phenoxy) is 1. The molecule has 2 rings (SSSR count). The van der Waals surface area contributed by atoms with Crippen molar-refractivity contribution >= 4 is 17.5 Å².